The summed E-state index contributed by atoms with van der Waals surface area (Å²) in [6.07, 6.45) is 0. The van der Waals surface area contributed by atoms with Crippen LogP contribution >= 0.6 is 11.3 Å². The van der Waals surface area contributed by atoms with Gasteiger partial charge in [-0.3, -0.25) is 4.79 Å². The third-order valence-corrected chi connectivity index (χ3v) is 3.50. The van der Waals surface area contributed by atoms with Gasteiger partial charge in [0.25, 0.3) is 0 Å². The molecule has 15 heavy (non-hydrogen) atoms. The first-order valence-corrected chi connectivity index (χ1v) is 5.61. The van der Waals surface area contributed by atoms with Gasteiger partial charge in [0.2, 0.25) is 0 Å². The minimum atomic E-state index is -0.771. The summed E-state index contributed by atoms with van der Waals surface area (Å²) < 4.78 is 0. The van der Waals surface area contributed by atoms with E-state index in [9.17, 15) is 4.79 Å². The number of thiazole rings is 1. The van der Waals surface area contributed by atoms with Gasteiger partial charge in [0, 0.05) is 18.5 Å². The van der Waals surface area contributed by atoms with Crippen LogP contribution in [0.2, 0.25) is 0 Å². The average molecular weight is 228 g/mol. The molecule has 0 aliphatic heterocycles. The van der Waals surface area contributed by atoms with E-state index in [2.05, 4.69) is 4.98 Å². The van der Waals surface area contributed by atoms with E-state index in [0.717, 1.165) is 10.8 Å². The van der Waals surface area contributed by atoms with Gasteiger partial charge in [-0.2, -0.15) is 0 Å². The minimum absolute atomic E-state index is 0.375. The van der Waals surface area contributed by atoms with Crippen LogP contribution < -0.4 is 4.90 Å². The lowest BCUT2D eigenvalue weighted by molar-refractivity contribution is -0.140. The summed E-state index contributed by atoms with van der Waals surface area (Å²) in [6, 6.07) is 0. The second kappa shape index (κ2) is 4.61. The summed E-state index contributed by atoms with van der Waals surface area (Å²) in [6.45, 7) is 6.17. The highest BCUT2D eigenvalue weighted by Gasteiger charge is 2.16. The van der Waals surface area contributed by atoms with Crippen molar-refractivity contribution in [3.05, 3.63) is 10.6 Å². The molecule has 1 atom stereocenters. The van der Waals surface area contributed by atoms with Gasteiger partial charge < -0.3 is 10.0 Å². The van der Waals surface area contributed by atoms with Crippen molar-refractivity contribution in [3.63, 3.8) is 0 Å². The molecule has 1 aromatic rings. The summed E-state index contributed by atoms with van der Waals surface area (Å²) in [4.78, 5) is 18.1. The van der Waals surface area contributed by atoms with Crippen molar-refractivity contribution in [1.82, 2.24) is 4.98 Å². The fraction of sp³-hybridized carbons (Fsp3) is 0.600. The molecule has 0 bridgehead atoms. The number of hydrogen-bond donors (Lipinski definition) is 1. The van der Waals surface area contributed by atoms with Gasteiger partial charge >= 0.3 is 5.97 Å². The lowest BCUT2D eigenvalue weighted by atomic mass is 10.2. The third kappa shape index (κ3) is 2.92. The molecule has 4 nitrogen and oxygen atoms in total. The maximum Gasteiger partial charge on any atom is 0.308 e. The average Bonchev–Trinajstić information content (AvgIpc) is 2.46. The van der Waals surface area contributed by atoms with E-state index < -0.39 is 5.97 Å². The normalized spacial score (nSPS) is 12.5. The van der Waals surface area contributed by atoms with E-state index in [0.29, 0.717) is 6.54 Å². The molecule has 0 aliphatic rings. The number of carboxylic acid groups (broad SMARTS) is 1. The number of aryl methyl sites for hydroxylation is 2. The largest absolute Gasteiger partial charge is 0.481 e. The molecule has 0 saturated carbocycles. The Morgan fingerprint density at radius 1 is 1.60 bits per heavy atom. The molecule has 0 spiro atoms. The Balaban J connectivity index is 2.68. The van der Waals surface area contributed by atoms with Crippen LogP contribution in [0.5, 0.6) is 0 Å². The van der Waals surface area contributed by atoms with Crippen molar-refractivity contribution in [2.75, 3.05) is 18.5 Å². The van der Waals surface area contributed by atoms with E-state index in [-0.39, 0.29) is 5.92 Å². The van der Waals surface area contributed by atoms with Crippen molar-refractivity contribution >= 4 is 22.4 Å². The predicted octanol–water partition coefficient (Wildman–Crippen LogP) is 1.92. The highest BCUT2D eigenvalue weighted by atomic mass is 32.1. The van der Waals surface area contributed by atoms with Crippen molar-refractivity contribution in [1.29, 1.82) is 0 Å². The Morgan fingerprint density at radius 2 is 2.20 bits per heavy atom. The number of nitrogens with zero attached hydrogens (tertiary/aromatic N) is 2. The van der Waals surface area contributed by atoms with E-state index in [4.69, 9.17) is 5.11 Å². The molecule has 0 radical (unpaired) electrons. The smallest absolute Gasteiger partial charge is 0.308 e. The zero-order chi connectivity index (χ0) is 11.6. The number of anilines is 1. The van der Waals surface area contributed by atoms with Gasteiger partial charge in [-0.15, -0.1) is 11.3 Å². The zero-order valence-electron chi connectivity index (χ0n) is 9.44. The van der Waals surface area contributed by atoms with Gasteiger partial charge in [-0.1, -0.05) is 6.92 Å². The fourth-order valence-electron chi connectivity index (χ4n) is 1.19. The molecule has 1 N–H and O–H groups in total. The van der Waals surface area contributed by atoms with Crippen LogP contribution in [0.15, 0.2) is 0 Å². The molecule has 1 heterocycles. The lowest BCUT2D eigenvalue weighted by Gasteiger charge is -2.17. The number of carboxylic acids is 1. The maximum absolute atomic E-state index is 10.7. The van der Waals surface area contributed by atoms with Crippen LogP contribution in [0.4, 0.5) is 5.13 Å². The third-order valence-electron chi connectivity index (χ3n) is 2.31. The van der Waals surface area contributed by atoms with Crippen molar-refractivity contribution < 1.29 is 9.90 Å². The van der Waals surface area contributed by atoms with Crippen LogP contribution in [0.1, 0.15) is 17.5 Å². The van der Waals surface area contributed by atoms with Gasteiger partial charge in [0.05, 0.1) is 11.6 Å². The first-order chi connectivity index (χ1) is 6.91. The van der Waals surface area contributed by atoms with Crippen LogP contribution in [0, 0.1) is 19.8 Å². The molecule has 0 aliphatic carbocycles. The SMILES string of the molecule is Cc1nc(N(C)CC(C)C(=O)O)sc1C. The number of rotatable bonds is 4. The zero-order valence-corrected chi connectivity index (χ0v) is 10.3. The lowest BCUT2D eigenvalue weighted by Crippen LogP contribution is -2.28. The standard InChI is InChI=1S/C10H16N2O2S/c1-6(9(13)14)5-12(4)10-11-7(2)8(3)15-10/h6H,5H2,1-4H3,(H,13,14). The van der Waals surface area contributed by atoms with E-state index in [1.165, 1.54) is 4.88 Å². The van der Waals surface area contributed by atoms with Gasteiger partial charge in [-0.25, -0.2) is 4.98 Å². The Labute approximate surface area is 93.6 Å². The number of aromatic nitrogens is 1. The van der Waals surface area contributed by atoms with Crippen molar-refractivity contribution in [2.24, 2.45) is 5.92 Å². The summed E-state index contributed by atoms with van der Waals surface area (Å²) in [7, 11) is 1.87. The molecular formula is C10H16N2O2S. The molecule has 5 heteroatoms. The van der Waals surface area contributed by atoms with Crippen LogP contribution in [-0.2, 0) is 4.79 Å². The molecule has 0 saturated heterocycles. The van der Waals surface area contributed by atoms with E-state index in [1.54, 1.807) is 18.3 Å². The van der Waals surface area contributed by atoms with Crippen LogP contribution in [0.25, 0.3) is 0 Å². The summed E-state index contributed by atoms with van der Waals surface area (Å²) in [5.41, 5.74) is 1.02. The highest BCUT2D eigenvalue weighted by Crippen LogP contribution is 2.24. The molecule has 1 aromatic heterocycles. The second-order valence-corrected chi connectivity index (χ2v) is 4.94. The summed E-state index contributed by atoms with van der Waals surface area (Å²) in [5, 5.41) is 9.68. The molecule has 84 valence electrons. The molecule has 1 unspecified atom stereocenters. The Hall–Kier alpha value is -1.10. The van der Waals surface area contributed by atoms with Crippen LogP contribution in [0.3, 0.4) is 0 Å². The number of carbonyl (C=O) groups is 1. The van der Waals surface area contributed by atoms with Crippen LogP contribution in [-0.4, -0.2) is 29.7 Å². The first kappa shape index (κ1) is 12.0. The minimum Gasteiger partial charge on any atom is -0.481 e. The van der Waals surface area contributed by atoms with E-state index in [1.807, 2.05) is 25.8 Å². The quantitative estimate of drug-likeness (QED) is 0.855. The topological polar surface area (TPSA) is 53.4 Å². The monoisotopic (exact) mass is 228 g/mol. The summed E-state index contributed by atoms with van der Waals surface area (Å²) >= 11 is 1.60. The fourth-order valence-corrected chi connectivity index (χ4v) is 2.07. The molecule has 1 rings (SSSR count). The number of aliphatic carboxylic acids is 1. The maximum atomic E-state index is 10.7. The molecule has 0 aromatic carbocycles. The van der Waals surface area contributed by atoms with E-state index >= 15 is 0 Å². The number of hydrogen-bond acceptors (Lipinski definition) is 4. The summed E-state index contributed by atoms with van der Waals surface area (Å²) in [5.74, 6) is -1.15. The first-order valence-electron chi connectivity index (χ1n) is 4.79. The van der Waals surface area contributed by atoms with Gasteiger partial charge in [0.15, 0.2) is 5.13 Å². The van der Waals surface area contributed by atoms with Crippen molar-refractivity contribution in [3.8, 4) is 0 Å². The van der Waals surface area contributed by atoms with Gasteiger partial charge in [-0.05, 0) is 13.8 Å². The second-order valence-electron chi connectivity index (χ2n) is 3.76. The van der Waals surface area contributed by atoms with Gasteiger partial charge in [0.1, 0.15) is 0 Å². The molecule has 0 amide bonds. The highest BCUT2D eigenvalue weighted by molar-refractivity contribution is 7.15. The predicted molar refractivity (Wildman–Crippen MR) is 61.7 cm³/mol. The Bertz CT molecular complexity index is 343. The molecule has 0 fully saturated rings. The Kier molecular flexibility index (Phi) is 3.68. The Morgan fingerprint density at radius 3 is 2.60 bits per heavy atom. The molecular weight excluding hydrogens is 212 g/mol. The van der Waals surface area contributed by atoms with Crippen molar-refractivity contribution in [2.45, 2.75) is 20.8 Å².